The van der Waals surface area contributed by atoms with Crippen molar-refractivity contribution in [3.63, 3.8) is 0 Å². The van der Waals surface area contributed by atoms with Gasteiger partial charge < -0.3 is 14.8 Å². The predicted molar refractivity (Wildman–Crippen MR) is 116 cm³/mol. The summed E-state index contributed by atoms with van der Waals surface area (Å²) in [6.45, 7) is 3.32. The van der Waals surface area contributed by atoms with E-state index in [1.807, 2.05) is 19.1 Å². The lowest BCUT2D eigenvalue weighted by atomic mass is 10.1. The van der Waals surface area contributed by atoms with Gasteiger partial charge >= 0.3 is 0 Å². The van der Waals surface area contributed by atoms with Crippen LogP contribution in [0, 0.1) is 0 Å². The van der Waals surface area contributed by atoms with Crippen LogP contribution in [0.2, 0.25) is 0 Å². The number of amides is 2. The quantitative estimate of drug-likeness (QED) is 0.670. The molecule has 0 bridgehead atoms. The Morgan fingerprint density at radius 2 is 1.77 bits per heavy atom. The van der Waals surface area contributed by atoms with Gasteiger partial charge in [-0.25, -0.2) is 12.7 Å². The molecule has 0 saturated carbocycles. The highest BCUT2D eigenvalue weighted by Crippen LogP contribution is 2.35. The minimum Gasteiger partial charge on any atom is -0.497 e. The third-order valence-electron chi connectivity index (χ3n) is 4.82. The number of nitrogens with one attached hydrogen (secondary N) is 1. The molecule has 0 spiro atoms. The maximum atomic E-state index is 13.0. The topological polar surface area (TPSA) is 102 Å². The molecule has 31 heavy (non-hydrogen) atoms. The van der Waals surface area contributed by atoms with Crippen LogP contribution in [0.5, 0.6) is 11.5 Å². The van der Waals surface area contributed by atoms with E-state index in [-0.39, 0.29) is 17.0 Å². The molecular weight excluding hydrogens is 420 g/mol. The van der Waals surface area contributed by atoms with E-state index in [2.05, 4.69) is 5.32 Å². The number of sulfonamides is 1. The zero-order chi connectivity index (χ0) is 22.6. The number of ether oxygens (including phenoxy) is 2. The number of methoxy groups -OCH3 is 1. The van der Waals surface area contributed by atoms with Crippen molar-refractivity contribution >= 4 is 26.7 Å². The molecule has 8 nitrogen and oxygen atoms in total. The SMILES string of the molecule is CCOc1ccccc1CNC(=O)CN1C(=O)C(C)=C(c2ccc(OC)cc2)S1(=O)=O. The summed E-state index contributed by atoms with van der Waals surface area (Å²) in [7, 11) is -2.65. The van der Waals surface area contributed by atoms with Crippen LogP contribution in [0.1, 0.15) is 25.0 Å². The summed E-state index contributed by atoms with van der Waals surface area (Å²) in [6, 6.07) is 13.6. The van der Waals surface area contributed by atoms with E-state index in [0.717, 1.165) is 5.56 Å². The predicted octanol–water partition coefficient (Wildman–Crippen LogP) is 2.31. The summed E-state index contributed by atoms with van der Waals surface area (Å²) in [5.74, 6) is -0.107. The number of carbonyl (C=O) groups is 2. The Morgan fingerprint density at radius 1 is 1.10 bits per heavy atom. The zero-order valence-electron chi connectivity index (χ0n) is 17.5. The molecule has 1 aliphatic rings. The minimum absolute atomic E-state index is 0.0691. The van der Waals surface area contributed by atoms with Crippen LogP contribution >= 0.6 is 0 Å². The van der Waals surface area contributed by atoms with Crippen LogP contribution in [-0.2, 0) is 26.2 Å². The lowest BCUT2D eigenvalue weighted by molar-refractivity contribution is -0.128. The van der Waals surface area contributed by atoms with Gasteiger partial charge in [0.2, 0.25) is 5.91 Å². The molecule has 2 amide bonds. The van der Waals surface area contributed by atoms with Crippen molar-refractivity contribution in [3.8, 4) is 11.5 Å². The van der Waals surface area contributed by atoms with E-state index >= 15 is 0 Å². The molecule has 0 atom stereocenters. The average molecular weight is 445 g/mol. The third-order valence-corrected chi connectivity index (χ3v) is 6.76. The Balaban J connectivity index is 1.74. The molecule has 1 heterocycles. The van der Waals surface area contributed by atoms with Crippen molar-refractivity contribution in [1.82, 2.24) is 9.62 Å². The first-order chi connectivity index (χ1) is 14.8. The smallest absolute Gasteiger partial charge is 0.268 e. The Hall–Kier alpha value is -3.33. The summed E-state index contributed by atoms with van der Waals surface area (Å²) >= 11 is 0. The number of nitrogens with zero attached hydrogens (tertiary/aromatic N) is 1. The molecule has 1 aliphatic heterocycles. The number of rotatable bonds is 8. The standard InChI is InChI=1S/C22H24N2O6S/c1-4-30-19-8-6-5-7-17(19)13-23-20(25)14-24-22(26)15(2)21(31(24,27)28)16-9-11-18(29-3)12-10-16/h5-12H,4,13-14H2,1-3H3,(H,23,25). The Morgan fingerprint density at radius 3 is 2.42 bits per heavy atom. The Labute approximate surface area is 181 Å². The largest absolute Gasteiger partial charge is 0.497 e. The number of para-hydroxylation sites is 1. The van der Waals surface area contributed by atoms with Crippen molar-refractivity contribution in [1.29, 1.82) is 0 Å². The van der Waals surface area contributed by atoms with E-state index in [1.165, 1.54) is 14.0 Å². The number of carbonyl (C=O) groups excluding carboxylic acids is 2. The van der Waals surface area contributed by atoms with E-state index in [0.29, 0.717) is 28.0 Å². The van der Waals surface area contributed by atoms with Gasteiger partial charge in [0.15, 0.2) is 0 Å². The minimum atomic E-state index is -4.16. The van der Waals surface area contributed by atoms with E-state index in [1.54, 1.807) is 36.4 Å². The number of hydrogen-bond donors (Lipinski definition) is 1. The first-order valence-electron chi connectivity index (χ1n) is 9.69. The number of benzene rings is 2. The highest BCUT2D eigenvalue weighted by Gasteiger charge is 2.43. The van der Waals surface area contributed by atoms with Crippen LogP contribution in [0.3, 0.4) is 0 Å². The van der Waals surface area contributed by atoms with Gasteiger partial charge in [-0.1, -0.05) is 18.2 Å². The van der Waals surface area contributed by atoms with Gasteiger partial charge in [-0.15, -0.1) is 0 Å². The fraction of sp³-hybridized carbons (Fsp3) is 0.273. The molecule has 164 valence electrons. The zero-order valence-corrected chi connectivity index (χ0v) is 18.4. The monoisotopic (exact) mass is 444 g/mol. The maximum absolute atomic E-state index is 13.0. The van der Waals surface area contributed by atoms with Gasteiger partial charge in [0, 0.05) is 17.7 Å². The highest BCUT2D eigenvalue weighted by atomic mass is 32.2. The van der Waals surface area contributed by atoms with Crippen LogP contribution in [-0.4, -0.2) is 44.8 Å². The molecule has 3 rings (SSSR count). The Bertz CT molecular complexity index is 1120. The van der Waals surface area contributed by atoms with Crippen molar-refractivity contribution < 1.29 is 27.5 Å². The van der Waals surface area contributed by atoms with E-state index in [9.17, 15) is 18.0 Å². The molecule has 0 radical (unpaired) electrons. The summed E-state index contributed by atoms with van der Waals surface area (Å²) < 4.78 is 37.3. The van der Waals surface area contributed by atoms with Crippen LogP contribution in [0.25, 0.3) is 4.91 Å². The fourth-order valence-electron chi connectivity index (χ4n) is 3.29. The third kappa shape index (κ3) is 4.56. The lowest BCUT2D eigenvalue weighted by Crippen LogP contribution is -2.40. The average Bonchev–Trinajstić information content (AvgIpc) is 2.92. The van der Waals surface area contributed by atoms with Crippen LogP contribution < -0.4 is 14.8 Å². The molecule has 0 unspecified atom stereocenters. The molecule has 2 aromatic rings. The normalized spacial score (nSPS) is 15.2. The summed E-state index contributed by atoms with van der Waals surface area (Å²) in [5, 5.41) is 2.66. The molecule has 9 heteroatoms. The van der Waals surface area contributed by atoms with Gasteiger partial charge in [0.25, 0.3) is 15.9 Å². The Kier molecular flexibility index (Phi) is 6.65. The second kappa shape index (κ2) is 9.22. The summed E-state index contributed by atoms with van der Waals surface area (Å²) in [6.07, 6.45) is 0. The van der Waals surface area contributed by atoms with Crippen molar-refractivity contribution in [2.45, 2.75) is 20.4 Å². The maximum Gasteiger partial charge on any atom is 0.268 e. The molecule has 0 aromatic heterocycles. The van der Waals surface area contributed by atoms with Crippen molar-refractivity contribution in [3.05, 3.63) is 65.2 Å². The second-order valence-corrected chi connectivity index (χ2v) is 8.62. The molecule has 1 N–H and O–H groups in total. The summed E-state index contributed by atoms with van der Waals surface area (Å²) in [5.41, 5.74) is 1.18. The van der Waals surface area contributed by atoms with Crippen molar-refractivity contribution in [2.24, 2.45) is 0 Å². The van der Waals surface area contributed by atoms with Crippen LogP contribution in [0.15, 0.2) is 54.1 Å². The second-order valence-electron chi connectivity index (χ2n) is 6.82. The van der Waals surface area contributed by atoms with Crippen LogP contribution in [0.4, 0.5) is 0 Å². The summed E-state index contributed by atoms with van der Waals surface area (Å²) in [4.78, 5) is 25.0. The first kappa shape index (κ1) is 22.4. The molecule has 2 aromatic carbocycles. The van der Waals surface area contributed by atoms with E-state index < -0.39 is 28.4 Å². The molecule has 0 saturated heterocycles. The van der Waals surface area contributed by atoms with Gasteiger partial charge in [0.1, 0.15) is 22.9 Å². The lowest BCUT2D eigenvalue weighted by Gasteiger charge is -2.17. The first-order valence-corrected chi connectivity index (χ1v) is 11.1. The highest BCUT2D eigenvalue weighted by molar-refractivity contribution is 7.99. The fourth-order valence-corrected chi connectivity index (χ4v) is 5.06. The van der Waals surface area contributed by atoms with E-state index in [4.69, 9.17) is 9.47 Å². The molecular formula is C22H24N2O6S. The molecule has 0 fully saturated rings. The van der Waals surface area contributed by atoms with Gasteiger partial charge in [0.05, 0.1) is 13.7 Å². The van der Waals surface area contributed by atoms with Gasteiger partial charge in [-0.05, 0) is 49.7 Å². The van der Waals surface area contributed by atoms with Gasteiger partial charge in [-0.3, -0.25) is 9.59 Å². The molecule has 0 aliphatic carbocycles. The van der Waals surface area contributed by atoms with Gasteiger partial charge in [-0.2, -0.15) is 0 Å². The van der Waals surface area contributed by atoms with Crippen molar-refractivity contribution in [2.75, 3.05) is 20.3 Å². The number of hydrogen-bond acceptors (Lipinski definition) is 6.